The third-order valence-corrected chi connectivity index (χ3v) is 9.12. The Labute approximate surface area is 260 Å². The minimum atomic E-state index is -4.69. The number of benzene rings is 2. The Balaban J connectivity index is 1.39. The number of nitrogens with zero attached hydrogens (tertiary/aromatic N) is 2. The first-order valence-electron chi connectivity index (χ1n) is 14.7. The smallest absolute Gasteiger partial charge is 0.403 e. The minimum absolute atomic E-state index is 0.0239. The van der Waals surface area contributed by atoms with Gasteiger partial charge in [-0.1, -0.05) is 18.5 Å². The third kappa shape index (κ3) is 7.02. The fourth-order valence-electron chi connectivity index (χ4n) is 5.74. The van der Waals surface area contributed by atoms with Crippen LogP contribution in [0.2, 0.25) is 5.02 Å². The van der Waals surface area contributed by atoms with Gasteiger partial charge in [-0.15, -0.1) is 0 Å². The molecule has 2 fully saturated rings. The van der Waals surface area contributed by atoms with Crippen molar-refractivity contribution in [3.05, 3.63) is 57.6 Å². The molecule has 0 aliphatic heterocycles. The van der Waals surface area contributed by atoms with Crippen LogP contribution in [0.15, 0.2) is 24.3 Å². The van der Waals surface area contributed by atoms with Crippen molar-refractivity contribution in [2.75, 3.05) is 6.61 Å². The van der Waals surface area contributed by atoms with Crippen LogP contribution in [0.5, 0.6) is 5.75 Å². The summed E-state index contributed by atoms with van der Waals surface area (Å²) in [5.41, 5.74) is -1.18. The van der Waals surface area contributed by atoms with Gasteiger partial charge in [0.2, 0.25) is 5.91 Å². The fraction of sp³-hybridized carbons (Fsp3) is 0.516. The summed E-state index contributed by atoms with van der Waals surface area (Å²) in [6.45, 7) is 0.769. The molecule has 0 spiro atoms. The summed E-state index contributed by atoms with van der Waals surface area (Å²) in [7, 11) is 1.66. The van der Waals surface area contributed by atoms with Crippen molar-refractivity contribution in [1.29, 1.82) is 0 Å². The molecule has 45 heavy (non-hydrogen) atoms. The number of halogens is 7. The number of aryl methyl sites for hydroxylation is 1. The molecular formula is C31H33ClF6N4O3. The van der Waals surface area contributed by atoms with Crippen LogP contribution in [-0.4, -0.2) is 46.6 Å². The maximum atomic E-state index is 14.7. The summed E-state index contributed by atoms with van der Waals surface area (Å²) in [6.07, 6.45) is -4.49. The number of ether oxygens (including phenoxy) is 1. The first-order valence-corrected chi connectivity index (χ1v) is 15.1. The molecular weight excluding hydrogens is 626 g/mol. The molecule has 5 rings (SSSR count). The van der Waals surface area contributed by atoms with Crippen LogP contribution in [0.25, 0.3) is 11.0 Å². The van der Waals surface area contributed by atoms with Crippen molar-refractivity contribution in [3.63, 3.8) is 0 Å². The number of aromatic nitrogens is 2. The number of imidazole rings is 1. The Morgan fingerprint density at radius 3 is 2.42 bits per heavy atom. The molecule has 2 saturated carbocycles. The van der Waals surface area contributed by atoms with Crippen LogP contribution >= 0.6 is 11.6 Å². The first kappa shape index (κ1) is 32.9. The van der Waals surface area contributed by atoms with Gasteiger partial charge in [-0.25, -0.2) is 18.2 Å². The molecule has 2 amide bonds. The standard InChI is InChI=1S/C31H33ClF6N4O3/c1-16-3-5-19(6-4-16)40-28(43)20-11-23-24(13-25(20)45-15-26(34)35)42(2)27(41-23)10-17-9-18(22(33)12-21(17)32)14-39-29(44)30(7-8-30)31(36,37)38/h9,11-13,16,19,26H,3-8,10,14-15H2,1-2H3,(H,39,44)(H,40,43). The summed E-state index contributed by atoms with van der Waals surface area (Å²) in [5, 5.41) is 5.22. The largest absolute Gasteiger partial charge is 0.487 e. The molecule has 0 bridgehead atoms. The van der Waals surface area contributed by atoms with Gasteiger partial charge in [0.15, 0.2) is 0 Å². The quantitative estimate of drug-likeness (QED) is 0.233. The van der Waals surface area contributed by atoms with Crippen LogP contribution in [0.3, 0.4) is 0 Å². The van der Waals surface area contributed by atoms with E-state index in [1.807, 2.05) is 0 Å². The van der Waals surface area contributed by atoms with Gasteiger partial charge in [0.1, 0.15) is 29.4 Å². The van der Waals surface area contributed by atoms with Crippen molar-refractivity contribution in [2.45, 2.75) is 77.1 Å². The van der Waals surface area contributed by atoms with E-state index in [0.717, 1.165) is 31.7 Å². The second-order valence-corrected chi connectivity index (χ2v) is 12.4. The lowest BCUT2D eigenvalue weighted by molar-refractivity contribution is -0.192. The average molecular weight is 659 g/mol. The van der Waals surface area contributed by atoms with E-state index < -0.39 is 48.8 Å². The molecule has 3 aromatic rings. The van der Waals surface area contributed by atoms with E-state index in [4.69, 9.17) is 16.3 Å². The van der Waals surface area contributed by atoms with Gasteiger partial charge in [-0.3, -0.25) is 9.59 Å². The van der Waals surface area contributed by atoms with E-state index in [0.29, 0.717) is 28.3 Å². The van der Waals surface area contributed by atoms with Gasteiger partial charge in [-0.2, -0.15) is 13.2 Å². The van der Waals surface area contributed by atoms with E-state index in [9.17, 15) is 35.9 Å². The Kier molecular flexibility index (Phi) is 9.30. The molecule has 7 nitrogen and oxygen atoms in total. The van der Waals surface area contributed by atoms with Crippen LogP contribution in [0, 0.1) is 17.2 Å². The number of hydrogen-bond donors (Lipinski definition) is 2. The molecule has 1 heterocycles. The number of alkyl halides is 5. The normalized spacial score (nSPS) is 19.5. The predicted octanol–water partition coefficient (Wildman–Crippen LogP) is 6.87. The van der Waals surface area contributed by atoms with Gasteiger partial charge < -0.3 is 19.9 Å². The number of nitrogens with one attached hydrogen (secondary N) is 2. The van der Waals surface area contributed by atoms with Gasteiger partial charge in [0, 0.05) is 42.7 Å². The molecule has 0 atom stereocenters. The zero-order valence-electron chi connectivity index (χ0n) is 24.7. The maximum absolute atomic E-state index is 14.7. The lowest BCUT2D eigenvalue weighted by atomic mass is 9.87. The molecule has 2 N–H and O–H groups in total. The maximum Gasteiger partial charge on any atom is 0.403 e. The topological polar surface area (TPSA) is 85.3 Å². The highest BCUT2D eigenvalue weighted by Crippen LogP contribution is 2.57. The fourth-order valence-corrected chi connectivity index (χ4v) is 5.96. The number of hydrogen-bond acceptors (Lipinski definition) is 4. The number of carbonyl (C=O) groups excluding carboxylic acids is 2. The second-order valence-electron chi connectivity index (χ2n) is 12.0. The second kappa shape index (κ2) is 12.7. The van der Waals surface area contributed by atoms with E-state index in [2.05, 4.69) is 22.5 Å². The molecule has 2 aliphatic rings. The van der Waals surface area contributed by atoms with Gasteiger partial charge in [-0.05, 0) is 68.2 Å². The number of rotatable bonds is 10. The number of carbonyl (C=O) groups is 2. The minimum Gasteiger partial charge on any atom is -0.487 e. The van der Waals surface area contributed by atoms with E-state index in [1.54, 1.807) is 11.6 Å². The number of fused-ring (bicyclic) bond motifs is 1. The molecule has 244 valence electrons. The lowest BCUT2D eigenvalue weighted by Crippen LogP contribution is -2.41. The first-order chi connectivity index (χ1) is 21.2. The van der Waals surface area contributed by atoms with Crippen molar-refractivity contribution >= 4 is 34.4 Å². The van der Waals surface area contributed by atoms with Gasteiger partial charge in [0.05, 0.1) is 16.6 Å². The Bertz CT molecular complexity index is 1600. The molecule has 2 aromatic carbocycles. The van der Waals surface area contributed by atoms with Crippen molar-refractivity contribution in [2.24, 2.45) is 18.4 Å². The zero-order valence-corrected chi connectivity index (χ0v) is 25.4. The van der Waals surface area contributed by atoms with Crippen LogP contribution < -0.4 is 15.4 Å². The SMILES string of the molecule is CC1CCC(NC(=O)c2cc3nc(Cc4cc(CNC(=O)C5(C(F)(F)F)CC5)c(F)cc4Cl)n(C)c3cc2OCC(F)F)CC1. The molecule has 2 aliphatic carbocycles. The highest BCUT2D eigenvalue weighted by atomic mass is 35.5. The van der Waals surface area contributed by atoms with Crippen molar-refractivity contribution in [3.8, 4) is 5.75 Å². The average Bonchev–Trinajstić information content (AvgIpc) is 3.75. The van der Waals surface area contributed by atoms with E-state index in [1.165, 1.54) is 18.2 Å². The Morgan fingerprint density at radius 1 is 1.11 bits per heavy atom. The monoisotopic (exact) mass is 658 g/mol. The van der Waals surface area contributed by atoms with Gasteiger partial charge in [0.25, 0.3) is 12.3 Å². The van der Waals surface area contributed by atoms with E-state index >= 15 is 0 Å². The lowest BCUT2D eigenvalue weighted by Gasteiger charge is -2.27. The van der Waals surface area contributed by atoms with Crippen LogP contribution in [0.4, 0.5) is 26.3 Å². The summed E-state index contributed by atoms with van der Waals surface area (Å²) < 4.78 is 87.7. The molecule has 0 radical (unpaired) electrons. The summed E-state index contributed by atoms with van der Waals surface area (Å²) in [5.74, 6) is -1.50. The summed E-state index contributed by atoms with van der Waals surface area (Å²) in [6, 6.07) is 5.26. The summed E-state index contributed by atoms with van der Waals surface area (Å²) >= 11 is 6.31. The van der Waals surface area contributed by atoms with Crippen molar-refractivity contribution in [1.82, 2.24) is 20.2 Å². The molecule has 1 aromatic heterocycles. The van der Waals surface area contributed by atoms with Crippen LogP contribution in [0.1, 0.15) is 72.8 Å². The van der Waals surface area contributed by atoms with E-state index in [-0.39, 0.29) is 47.2 Å². The highest BCUT2D eigenvalue weighted by molar-refractivity contribution is 6.31. The molecule has 14 heteroatoms. The molecule has 0 unspecified atom stereocenters. The molecule has 0 saturated heterocycles. The Morgan fingerprint density at radius 2 is 1.80 bits per heavy atom. The zero-order chi connectivity index (χ0) is 32.7. The van der Waals surface area contributed by atoms with Crippen LogP contribution in [-0.2, 0) is 24.8 Å². The predicted molar refractivity (Wildman–Crippen MR) is 155 cm³/mol. The number of amides is 2. The highest BCUT2D eigenvalue weighted by Gasteiger charge is 2.68. The van der Waals surface area contributed by atoms with Crippen molar-refractivity contribution < 1.29 is 40.7 Å². The van der Waals surface area contributed by atoms with Gasteiger partial charge >= 0.3 is 6.18 Å². The summed E-state index contributed by atoms with van der Waals surface area (Å²) in [4.78, 5) is 30.2. The Hall–Kier alpha value is -3.48. The third-order valence-electron chi connectivity index (χ3n) is 8.77.